The van der Waals surface area contributed by atoms with E-state index in [4.69, 9.17) is 14.5 Å². The van der Waals surface area contributed by atoms with Crippen LogP contribution in [0.15, 0.2) is 106 Å². The average molecular weight is 633 g/mol. The fraction of sp³-hybridized carbons (Fsp3) is 0.118. The molecule has 11 nitrogen and oxygen atoms in total. The molecule has 2 heterocycles. The number of allylic oxidation sites excluding steroid dienone is 1. The number of non-ortho nitro benzene ring substituents is 1. The zero-order valence-corrected chi connectivity index (χ0v) is 25.1. The molecule has 0 unspecified atom stereocenters. The molecule has 1 aliphatic heterocycles. The Balaban J connectivity index is 1.32. The number of hydrogen-bond donors (Lipinski definition) is 0. The van der Waals surface area contributed by atoms with Crippen LogP contribution in [0.4, 0.5) is 11.4 Å². The number of fused-ring (bicyclic) bond motifs is 3. The Morgan fingerprint density at radius 2 is 1.72 bits per heavy atom. The summed E-state index contributed by atoms with van der Waals surface area (Å²) in [6, 6.07) is 25.6. The van der Waals surface area contributed by atoms with Crippen LogP contribution in [0.2, 0.25) is 0 Å². The van der Waals surface area contributed by atoms with E-state index in [1.165, 1.54) is 23.0 Å². The van der Waals surface area contributed by atoms with Gasteiger partial charge in [-0.05, 0) is 71.5 Å². The van der Waals surface area contributed by atoms with Gasteiger partial charge >= 0.3 is 5.69 Å². The topological polar surface area (TPSA) is 139 Å². The first-order valence-corrected chi connectivity index (χ1v) is 15.1. The van der Waals surface area contributed by atoms with Crippen molar-refractivity contribution in [2.75, 3.05) is 7.11 Å². The molecule has 1 aromatic heterocycles. The maximum absolute atomic E-state index is 14.1. The van der Waals surface area contributed by atoms with Crippen molar-refractivity contribution in [2.45, 2.75) is 18.9 Å². The van der Waals surface area contributed by atoms with E-state index in [0.717, 1.165) is 53.1 Å². The van der Waals surface area contributed by atoms with Gasteiger partial charge in [-0.2, -0.15) is 0 Å². The van der Waals surface area contributed by atoms with Crippen LogP contribution in [0.5, 0.6) is 17.2 Å². The molecule has 2 aliphatic rings. The maximum atomic E-state index is 14.1. The molecule has 0 saturated heterocycles. The maximum Gasteiger partial charge on any atom is 0.318 e. The van der Waals surface area contributed by atoms with Gasteiger partial charge in [-0.1, -0.05) is 59.9 Å². The van der Waals surface area contributed by atoms with Crippen LogP contribution >= 0.6 is 11.3 Å². The predicted molar refractivity (Wildman–Crippen MR) is 172 cm³/mol. The molecule has 46 heavy (non-hydrogen) atoms. The summed E-state index contributed by atoms with van der Waals surface area (Å²) >= 11 is 1.29. The second kappa shape index (κ2) is 11.6. The van der Waals surface area contributed by atoms with Crippen molar-refractivity contribution in [3.63, 3.8) is 0 Å². The third kappa shape index (κ3) is 5.14. The number of thiazole rings is 1. The molecule has 0 saturated carbocycles. The molecule has 1 aliphatic carbocycles. The first-order valence-electron chi connectivity index (χ1n) is 14.3. The first kappa shape index (κ1) is 28.9. The van der Waals surface area contributed by atoms with Gasteiger partial charge in [-0.15, -0.1) is 0 Å². The summed E-state index contributed by atoms with van der Waals surface area (Å²) in [5, 5.41) is 22.7. The van der Waals surface area contributed by atoms with Gasteiger partial charge in [0.25, 0.3) is 11.2 Å². The Morgan fingerprint density at radius 3 is 2.48 bits per heavy atom. The third-order valence-electron chi connectivity index (χ3n) is 8.04. The zero-order chi connectivity index (χ0) is 31.9. The summed E-state index contributed by atoms with van der Waals surface area (Å²) in [5.74, 6) is 0.847. The van der Waals surface area contributed by atoms with Crippen LogP contribution in [0, 0.1) is 20.2 Å². The molecule has 0 N–H and O–H groups in total. The molecule has 5 aromatic rings. The third-order valence-corrected chi connectivity index (χ3v) is 9.02. The number of ether oxygens (including phenoxy) is 2. The lowest BCUT2D eigenvalue weighted by atomic mass is 9.83. The molecule has 0 radical (unpaired) electrons. The van der Waals surface area contributed by atoms with Gasteiger partial charge < -0.3 is 9.47 Å². The Labute approximate surface area is 264 Å². The Hall–Kier alpha value is -5.88. The van der Waals surface area contributed by atoms with E-state index < -0.39 is 21.2 Å². The van der Waals surface area contributed by atoms with Gasteiger partial charge in [0.1, 0.15) is 11.5 Å². The zero-order valence-electron chi connectivity index (χ0n) is 24.3. The van der Waals surface area contributed by atoms with E-state index >= 15 is 0 Å². The number of rotatable bonds is 7. The first-order chi connectivity index (χ1) is 22.3. The molecule has 12 heteroatoms. The number of nitro benzene ring substituents is 2. The predicted octanol–water partition coefficient (Wildman–Crippen LogP) is 5.94. The van der Waals surface area contributed by atoms with Gasteiger partial charge in [0.2, 0.25) is 5.75 Å². The highest BCUT2D eigenvalue weighted by Gasteiger charge is 2.32. The van der Waals surface area contributed by atoms with Gasteiger partial charge in [0, 0.05) is 11.6 Å². The Morgan fingerprint density at radius 1 is 0.913 bits per heavy atom. The lowest BCUT2D eigenvalue weighted by Crippen LogP contribution is -2.38. The van der Waals surface area contributed by atoms with Crippen molar-refractivity contribution in [3.05, 3.63) is 159 Å². The SMILES string of the molecule is COc1ccc([C@H]2C3=C(N=c4s/c(=C\c5cccc(Oc6ccc([N+](=O)[O-])cc6[N+](=O)[O-])c5)c(=O)n42)c2ccccc2CC3)cc1. The van der Waals surface area contributed by atoms with Crippen LogP contribution < -0.4 is 24.4 Å². The van der Waals surface area contributed by atoms with Crippen molar-refractivity contribution in [1.82, 2.24) is 4.57 Å². The van der Waals surface area contributed by atoms with Crippen molar-refractivity contribution in [1.29, 1.82) is 0 Å². The molecular weight excluding hydrogens is 608 g/mol. The summed E-state index contributed by atoms with van der Waals surface area (Å²) < 4.78 is 13.4. The van der Waals surface area contributed by atoms with Crippen LogP contribution in [-0.2, 0) is 6.42 Å². The van der Waals surface area contributed by atoms with E-state index in [9.17, 15) is 25.0 Å². The fourth-order valence-corrected chi connectivity index (χ4v) is 6.90. The highest BCUT2D eigenvalue weighted by Crippen LogP contribution is 2.41. The molecule has 0 amide bonds. The number of methoxy groups -OCH3 is 1. The Kier molecular flexibility index (Phi) is 7.26. The van der Waals surface area contributed by atoms with E-state index in [1.54, 1.807) is 42.0 Å². The lowest BCUT2D eigenvalue weighted by Gasteiger charge is -2.30. The average Bonchev–Trinajstić information content (AvgIpc) is 3.37. The largest absolute Gasteiger partial charge is 0.497 e. The number of nitro groups is 2. The fourth-order valence-electron chi connectivity index (χ4n) is 5.90. The molecule has 4 aromatic carbocycles. The standard InChI is InChI=1S/C34H24N4O7S/c1-44-24-13-9-22(10-14-24)32-27-15-11-21-6-2-3-8-26(21)31(27)35-34-36(32)33(39)30(46-34)18-20-5-4-7-25(17-20)45-29-16-12-23(37(40)41)19-28(29)38(42)43/h2-10,12-14,16-19,32H,11,15H2,1H3/b30-18-/t32-/m0/s1. The number of benzene rings is 4. The van der Waals surface area contributed by atoms with Gasteiger partial charge in [-0.25, -0.2) is 4.99 Å². The van der Waals surface area contributed by atoms with Crippen molar-refractivity contribution in [3.8, 4) is 17.2 Å². The molecule has 7 rings (SSSR count). The highest BCUT2D eigenvalue weighted by atomic mass is 32.1. The van der Waals surface area contributed by atoms with Crippen molar-refractivity contribution >= 4 is 34.5 Å². The number of aromatic nitrogens is 1. The lowest BCUT2D eigenvalue weighted by molar-refractivity contribution is -0.394. The molecule has 228 valence electrons. The van der Waals surface area contributed by atoms with Gasteiger partial charge in [0.05, 0.1) is 39.3 Å². The molecule has 1 atom stereocenters. The molecule has 0 spiro atoms. The minimum atomic E-state index is -0.732. The molecule has 0 fully saturated rings. The monoisotopic (exact) mass is 632 g/mol. The number of hydrogen-bond acceptors (Lipinski definition) is 9. The molecule has 0 bridgehead atoms. The quantitative estimate of drug-likeness (QED) is 0.160. The van der Waals surface area contributed by atoms with Crippen LogP contribution in [0.25, 0.3) is 11.8 Å². The normalized spacial score (nSPS) is 15.3. The summed E-state index contributed by atoms with van der Waals surface area (Å²) in [7, 11) is 1.62. The van der Waals surface area contributed by atoms with Crippen LogP contribution in [0.1, 0.15) is 34.7 Å². The van der Waals surface area contributed by atoms with E-state index in [2.05, 4.69) is 12.1 Å². The highest BCUT2D eigenvalue weighted by molar-refractivity contribution is 7.07. The Bertz CT molecular complexity index is 2270. The number of aryl methyl sites for hydroxylation is 1. The van der Waals surface area contributed by atoms with E-state index in [0.29, 0.717) is 14.9 Å². The second-order valence-corrected chi connectivity index (χ2v) is 11.7. The summed E-state index contributed by atoms with van der Waals surface area (Å²) in [6.07, 6.45) is 3.36. The second-order valence-electron chi connectivity index (χ2n) is 10.7. The smallest absolute Gasteiger partial charge is 0.318 e. The number of nitrogens with zero attached hydrogens (tertiary/aromatic N) is 4. The van der Waals surface area contributed by atoms with E-state index in [1.807, 2.05) is 36.4 Å². The minimum absolute atomic E-state index is 0.141. The van der Waals surface area contributed by atoms with Crippen LogP contribution in [-0.4, -0.2) is 21.5 Å². The summed E-state index contributed by atoms with van der Waals surface area (Å²) in [6.45, 7) is 0. The van der Waals surface area contributed by atoms with Crippen molar-refractivity contribution < 1.29 is 19.3 Å². The van der Waals surface area contributed by atoms with Crippen molar-refractivity contribution in [2.24, 2.45) is 4.99 Å². The molecular formula is C34H24N4O7S. The summed E-state index contributed by atoms with van der Waals surface area (Å²) in [5.41, 5.74) is 4.73. The summed E-state index contributed by atoms with van der Waals surface area (Å²) in [4.78, 5) is 41.0. The minimum Gasteiger partial charge on any atom is -0.497 e. The van der Waals surface area contributed by atoms with Crippen LogP contribution in [0.3, 0.4) is 0 Å². The van der Waals surface area contributed by atoms with Gasteiger partial charge in [0.15, 0.2) is 4.80 Å². The van der Waals surface area contributed by atoms with Gasteiger partial charge in [-0.3, -0.25) is 29.6 Å². The van der Waals surface area contributed by atoms with E-state index in [-0.39, 0.29) is 23.1 Å².